The second kappa shape index (κ2) is 9.99. The fourth-order valence-corrected chi connectivity index (χ4v) is 5.36. The standard InChI is InChI=1S/C29H25FN4O2S/c1-18-25(27(35)32-22-7-5-4-6-8-22)26(20-11-13-21(30)14-12-20)34-28(36)24(37-29(34)31-18)17-19-9-15-23(16-10-19)33(2)3/h4-17,26H,1-3H3,(H,32,35)/b24-17-. The van der Waals surface area contributed by atoms with E-state index < -0.39 is 11.9 Å². The molecular weight excluding hydrogens is 487 g/mol. The van der Waals surface area contributed by atoms with Gasteiger partial charge in [-0.15, -0.1) is 0 Å². The van der Waals surface area contributed by atoms with Crippen molar-refractivity contribution in [3.8, 4) is 0 Å². The maximum atomic E-state index is 13.8. The molecule has 0 fully saturated rings. The molecule has 4 aromatic rings. The van der Waals surface area contributed by atoms with E-state index in [4.69, 9.17) is 0 Å². The summed E-state index contributed by atoms with van der Waals surface area (Å²) >= 11 is 1.27. The van der Waals surface area contributed by atoms with Crippen LogP contribution in [0.4, 0.5) is 15.8 Å². The normalized spacial score (nSPS) is 15.2. The zero-order valence-corrected chi connectivity index (χ0v) is 21.4. The second-order valence-corrected chi connectivity index (χ2v) is 9.95. The van der Waals surface area contributed by atoms with Gasteiger partial charge in [0.25, 0.3) is 11.5 Å². The molecule has 0 saturated heterocycles. The Hall–Kier alpha value is -4.30. The summed E-state index contributed by atoms with van der Waals surface area (Å²) in [7, 11) is 3.94. The number of para-hydroxylation sites is 1. The van der Waals surface area contributed by atoms with Gasteiger partial charge >= 0.3 is 0 Å². The van der Waals surface area contributed by atoms with Crippen LogP contribution in [-0.2, 0) is 4.79 Å². The molecule has 186 valence electrons. The lowest BCUT2D eigenvalue weighted by atomic mass is 9.95. The highest BCUT2D eigenvalue weighted by Gasteiger charge is 2.32. The summed E-state index contributed by atoms with van der Waals surface area (Å²) in [5, 5.41) is 2.91. The number of carbonyl (C=O) groups is 1. The molecule has 3 aromatic carbocycles. The van der Waals surface area contributed by atoms with Crippen molar-refractivity contribution in [2.75, 3.05) is 24.3 Å². The smallest absolute Gasteiger partial charge is 0.271 e. The number of nitrogens with zero attached hydrogens (tertiary/aromatic N) is 3. The fourth-order valence-electron chi connectivity index (χ4n) is 4.31. The van der Waals surface area contributed by atoms with Gasteiger partial charge in [0.15, 0.2) is 4.80 Å². The number of aromatic nitrogens is 1. The van der Waals surface area contributed by atoms with E-state index in [1.807, 2.05) is 67.5 Å². The molecule has 0 aliphatic carbocycles. The Morgan fingerprint density at radius 1 is 1.03 bits per heavy atom. The van der Waals surface area contributed by atoms with Crippen molar-refractivity contribution < 1.29 is 9.18 Å². The van der Waals surface area contributed by atoms with Crippen molar-refractivity contribution in [3.63, 3.8) is 0 Å². The van der Waals surface area contributed by atoms with Crippen LogP contribution in [-0.4, -0.2) is 24.6 Å². The van der Waals surface area contributed by atoms with Crippen LogP contribution in [0.15, 0.2) is 99.9 Å². The lowest BCUT2D eigenvalue weighted by Gasteiger charge is -2.25. The summed E-state index contributed by atoms with van der Waals surface area (Å²) < 4.78 is 15.8. The van der Waals surface area contributed by atoms with Gasteiger partial charge in [-0.25, -0.2) is 9.38 Å². The first-order valence-corrected chi connectivity index (χ1v) is 12.6. The minimum Gasteiger partial charge on any atom is -0.378 e. The van der Waals surface area contributed by atoms with Gasteiger partial charge in [0.2, 0.25) is 0 Å². The molecule has 1 aliphatic rings. The average Bonchev–Trinajstić information content (AvgIpc) is 3.18. The molecule has 1 N–H and O–H groups in total. The number of amides is 1. The predicted molar refractivity (Wildman–Crippen MR) is 146 cm³/mol. The molecule has 1 aliphatic heterocycles. The number of halogens is 1. The maximum Gasteiger partial charge on any atom is 0.271 e. The minimum atomic E-state index is -0.751. The number of carbonyl (C=O) groups excluding carboxylic acids is 1. The van der Waals surface area contributed by atoms with E-state index in [1.54, 1.807) is 31.2 Å². The van der Waals surface area contributed by atoms with Crippen LogP contribution in [0, 0.1) is 5.82 Å². The van der Waals surface area contributed by atoms with Gasteiger partial charge in [0.05, 0.1) is 21.8 Å². The monoisotopic (exact) mass is 512 g/mol. The molecule has 8 heteroatoms. The lowest BCUT2D eigenvalue weighted by molar-refractivity contribution is -0.113. The number of hydrogen-bond acceptors (Lipinski definition) is 5. The molecule has 1 atom stereocenters. The predicted octanol–water partition coefficient (Wildman–Crippen LogP) is 4.08. The number of allylic oxidation sites excluding steroid dienone is 1. The highest BCUT2D eigenvalue weighted by atomic mass is 32.1. The maximum absolute atomic E-state index is 13.8. The summed E-state index contributed by atoms with van der Waals surface area (Å²) in [4.78, 5) is 34.4. The molecule has 2 heterocycles. The largest absolute Gasteiger partial charge is 0.378 e. The number of anilines is 2. The first kappa shape index (κ1) is 24.4. The number of fused-ring (bicyclic) bond motifs is 1. The highest BCUT2D eigenvalue weighted by Crippen LogP contribution is 2.31. The summed E-state index contributed by atoms with van der Waals surface area (Å²) in [5.74, 6) is -0.761. The number of thiazole rings is 1. The van der Waals surface area contributed by atoms with Gasteiger partial charge in [-0.2, -0.15) is 0 Å². The molecule has 0 spiro atoms. The molecule has 1 aromatic heterocycles. The lowest BCUT2D eigenvalue weighted by Crippen LogP contribution is -2.40. The summed E-state index contributed by atoms with van der Waals surface area (Å²) in [6.07, 6.45) is 1.83. The van der Waals surface area contributed by atoms with Crippen LogP contribution in [0.25, 0.3) is 6.08 Å². The third-order valence-corrected chi connectivity index (χ3v) is 7.17. The van der Waals surface area contributed by atoms with E-state index in [1.165, 1.54) is 28.0 Å². The topological polar surface area (TPSA) is 66.7 Å². The van der Waals surface area contributed by atoms with Crippen LogP contribution >= 0.6 is 11.3 Å². The third-order valence-electron chi connectivity index (χ3n) is 6.19. The average molecular weight is 513 g/mol. The summed E-state index contributed by atoms with van der Waals surface area (Å²) in [5.41, 5.74) is 3.77. The van der Waals surface area contributed by atoms with Crippen molar-refractivity contribution in [1.82, 2.24) is 4.57 Å². The number of hydrogen-bond donors (Lipinski definition) is 1. The molecule has 1 amide bonds. The van der Waals surface area contributed by atoms with Gasteiger partial charge in [-0.3, -0.25) is 14.2 Å². The number of rotatable bonds is 5. The van der Waals surface area contributed by atoms with Crippen molar-refractivity contribution >= 4 is 34.7 Å². The van der Waals surface area contributed by atoms with Gasteiger partial charge in [0, 0.05) is 25.5 Å². The molecule has 0 radical (unpaired) electrons. The Balaban J connectivity index is 1.64. The zero-order valence-electron chi connectivity index (χ0n) is 20.6. The summed E-state index contributed by atoms with van der Waals surface area (Å²) in [6.45, 7) is 1.76. The van der Waals surface area contributed by atoms with E-state index in [0.717, 1.165) is 11.3 Å². The molecule has 0 bridgehead atoms. The molecular formula is C29H25FN4O2S. The molecule has 1 unspecified atom stereocenters. The van der Waals surface area contributed by atoms with Gasteiger partial charge < -0.3 is 10.2 Å². The Labute approximate surface area is 217 Å². The van der Waals surface area contributed by atoms with Crippen molar-refractivity contribution in [3.05, 3.63) is 127 Å². The first-order chi connectivity index (χ1) is 17.8. The van der Waals surface area contributed by atoms with Crippen molar-refractivity contribution in [1.29, 1.82) is 0 Å². The Kier molecular flexibility index (Phi) is 6.58. The van der Waals surface area contributed by atoms with E-state index in [-0.39, 0.29) is 11.5 Å². The third kappa shape index (κ3) is 4.88. The fraction of sp³-hybridized carbons (Fsp3) is 0.138. The molecule has 0 saturated carbocycles. The van der Waals surface area contributed by atoms with Crippen molar-refractivity contribution in [2.24, 2.45) is 4.99 Å². The number of nitrogens with one attached hydrogen (secondary N) is 1. The van der Waals surface area contributed by atoms with Crippen LogP contribution in [0.1, 0.15) is 24.1 Å². The second-order valence-electron chi connectivity index (χ2n) is 8.94. The van der Waals surface area contributed by atoms with Crippen LogP contribution in [0.2, 0.25) is 0 Å². The first-order valence-electron chi connectivity index (χ1n) is 11.7. The molecule has 5 rings (SSSR count). The zero-order chi connectivity index (χ0) is 26.1. The van der Waals surface area contributed by atoms with Crippen LogP contribution < -0.4 is 25.1 Å². The summed E-state index contributed by atoms with van der Waals surface area (Å²) in [6, 6.07) is 22.1. The van der Waals surface area contributed by atoms with Gasteiger partial charge in [-0.05, 0) is 60.5 Å². The SMILES string of the molecule is CC1=C(C(=O)Nc2ccccc2)C(c2ccc(F)cc2)n2c(s/c(=C\c3ccc(N(C)C)cc3)c2=O)=N1. The van der Waals surface area contributed by atoms with Gasteiger partial charge in [0.1, 0.15) is 5.82 Å². The molecule has 37 heavy (non-hydrogen) atoms. The van der Waals surface area contributed by atoms with E-state index in [9.17, 15) is 14.0 Å². The van der Waals surface area contributed by atoms with Gasteiger partial charge in [-0.1, -0.05) is 53.8 Å². The van der Waals surface area contributed by atoms with E-state index in [0.29, 0.717) is 31.9 Å². The van der Waals surface area contributed by atoms with E-state index in [2.05, 4.69) is 10.3 Å². The van der Waals surface area contributed by atoms with Crippen molar-refractivity contribution in [2.45, 2.75) is 13.0 Å². The number of benzene rings is 3. The minimum absolute atomic E-state index is 0.257. The van der Waals surface area contributed by atoms with E-state index >= 15 is 0 Å². The Morgan fingerprint density at radius 3 is 2.35 bits per heavy atom. The van der Waals surface area contributed by atoms with Crippen LogP contribution in [0.5, 0.6) is 0 Å². The Bertz CT molecular complexity index is 1670. The van der Waals surface area contributed by atoms with Crippen LogP contribution in [0.3, 0.4) is 0 Å². The Morgan fingerprint density at radius 2 is 1.70 bits per heavy atom. The highest BCUT2D eigenvalue weighted by molar-refractivity contribution is 7.07. The molecule has 6 nitrogen and oxygen atoms in total. The quantitative estimate of drug-likeness (QED) is 0.438.